The van der Waals surface area contributed by atoms with Gasteiger partial charge in [-0.05, 0) is 43.0 Å². The summed E-state index contributed by atoms with van der Waals surface area (Å²) in [5, 5.41) is 3.01. The number of piperidine rings is 1. The summed E-state index contributed by atoms with van der Waals surface area (Å²) in [6.45, 7) is 6.02. The molecule has 0 bridgehead atoms. The number of amides is 1. The van der Waals surface area contributed by atoms with E-state index in [2.05, 4.69) is 22.3 Å². The molecule has 0 saturated carbocycles. The summed E-state index contributed by atoms with van der Waals surface area (Å²) < 4.78 is 11.5. The molecule has 28 heavy (non-hydrogen) atoms. The van der Waals surface area contributed by atoms with Crippen LogP contribution in [0.25, 0.3) is 0 Å². The van der Waals surface area contributed by atoms with Gasteiger partial charge in [-0.25, -0.2) is 0 Å². The molecule has 0 aromatic heterocycles. The second kappa shape index (κ2) is 10.8. The Kier molecular flexibility index (Phi) is 7.88. The van der Waals surface area contributed by atoms with E-state index in [-0.39, 0.29) is 12.0 Å². The van der Waals surface area contributed by atoms with Crippen LogP contribution >= 0.6 is 0 Å². The zero-order valence-electron chi connectivity index (χ0n) is 16.6. The third-order valence-electron chi connectivity index (χ3n) is 4.93. The molecule has 1 amide bonds. The fraction of sp³-hybridized carbons (Fsp3) is 0.435. The van der Waals surface area contributed by atoms with Crippen molar-refractivity contribution in [3.8, 4) is 5.75 Å². The Hall–Kier alpha value is -2.37. The molecule has 1 N–H and O–H groups in total. The highest BCUT2D eigenvalue weighted by molar-refractivity contribution is 5.78. The van der Waals surface area contributed by atoms with Crippen molar-refractivity contribution >= 4 is 5.91 Å². The Morgan fingerprint density at radius 2 is 1.82 bits per heavy atom. The molecule has 1 aliphatic rings. The summed E-state index contributed by atoms with van der Waals surface area (Å²) in [6.07, 6.45) is 2.22. The number of ether oxygens (including phenoxy) is 2. The number of nitrogens with zero attached hydrogens (tertiary/aromatic N) is 1. The molecule has 1 saturated heterocycles. The first kappa shape index (κ1) is 20.4. The first-order valence-corrected chi connectivity index (χ1v) is 10.1. The molecule has 0 unspecified atom stereocenters. The third kappa shape index (κ3) is 6.66. The van der Waals surface area contributed by atoms with Gasteiger partial charge < -0.3 is 14.8 Å². The smallest absolute Gasteiger partial charge is 0.234 e. The maximum absolute atomic E-state index is 12.3. The van der Waals surface area contributed by atoms with Crippen molar-refractivity contribution < 1.29 is 14.3 Å². The van der Waals surface area contributed by atoms with Crippen molar-refractivity contribution in [1.29, 1.82) is 0 Å². The molecule has 5 heteroatoms. The Balaban J connectivity index is 1.34. The van der Waals surface area contributed by atoms with Gasteiger partial charge in [0.25, 0.3) is 0 Å². The number of benzene rings is 2. The van der Waals surface area contributed by atoms with E-state index in [4.69, 9.17) is 9.47 Å². The minimum absolute atomic E-state index is 0.0606. The fourth-order valence-electron chi connectivity index (χ4n) is 3.39. The zero-order chi connectivity index (χ0) is 19.6. The summed E-state index contributed by atoms with van der Waals surface area (Å²) in [5.74, 6) is 0.900. The molecule has 0 spiro atoms. The minimum atomic E-state index is 0.0606. The topological polar surface area (TPSA) is 50.8 Å². The standard InChI is InChI=1S/C23H30N2O3/c1-2-27-22-10-6-9-20(15-22)16-24-23(26)17-25-13-11-21(12-14-25)28-18-19-7-4-3-5-8-19/h3-10,15,21H,2,11-14,16-18H2,1H3,(H,24,26). The Labute approximate surface area is 167 Å². The first-order valence-electron chi connectivity index (χ1n) is 10.1. The number of likely N-dealkylation sites (tertiary alicyclic amines) is 1. The molecule has 2 aromatic carbocycles. The molecule has 3 rings (SSSR count). The summed E-state index contributed by atoms with van der Waals surface area (Å²) in [7, 11) is 0. The molecule has 0 radical (unpaired) electrons. The van der Waals surface area contributed by atoms with Crippen LogP contribution in [0.1, 0.15) is 30.9 Å². The lowest BCUT2D eigenvalue weighted by Crippen LogP contribution is -2.43. The molecule has 2 aromatic rings. The van der Waals surface area contributed by atoms with Gasteiger partial charge in [0, 0.05) is 19.6 Å². The lowest BCUT2D eigenvalue weighted by molar-refractivity contribution is -0.123. The molecule has 150 valence electrons. The predicted molar refractivity (Wildman–Crippen MR) is 110 cm³/mol. The first-order chi connectivity index (χ1) is 13.7. The van der Waals surface area contributed by atoms with Crippen LogP contribution in [0.4, 0.5) is 0 Å². The van der Waals surface area contributed by atoms with Crippen molar-refractivity contribution in [2.45, 2.75) is 39.0 Å². The number of rotatable bonds is 9. The zero-order valence-corrected chi connectivity index (χ0v) is 16.6. The van der Waals surface area contributed by atoms with E-state index in [1.54, 1.807) is 0 Å². The number of nitrogens with one attached hydrogen (secondary N) is 1. The molecule has 1 aliphatic heterocycles. The molecule has 0 aliphatic carbocycles. The van der Waals surface area contributed by atoms with Gasteiger partial charge in [-0.3, -0.25) is 9.69 Å². The van der Waals surface area contributed by atoms with Crippen molar-refractivity contribution in [3.63, 3.8) is 0 Å². The maximum atomic E-state index is 12.3. The van der Waals surface area contributed by atoms with Crippen LogP contribution in [0.2, 0.25) is 0 Å². The van der Waals surface area contributed by atoms with Crippen LogP contribution in [0, 0.1) is 0 Å². The van der Waals surface area contributed by atoms with Crippen molar-refractivity contribution in [2.75, 3.05) is 26.2 Å². The van der Waals surface area contributed by atoms with Crippen LogP contribution in [0.15, 0.2) is 54.6 Å². The molecule has 5 nitrogen and oxygen atoms in total. The molecular weight excluding hydrogens is 352 g/mol. The van der Waals surface area contributed by atoms with Gasteiger partial charge in [-0.2, -0.15) is 0 Å². The highest BCUT2D eigenvalue weighted by Crippen LogP contribution is 2.16. The van der Waals surface area contributed by atoms with Crippen molar-refractivity contribution in [3.05, 3.63) is 65.7 Å². The highest BCUT2D eigenvalue weighted by Gasteiger charge is 2.21. The average molecular weight is 383 g/mol. The van der Waals surface area contributed by atoms with Crippen molar-refractivity contribution in [1.82, 2.24) is 10.2 Å². The number of hydrogen-bond acceptors (Lipinski definition) is 4. The van der Waals surface area contributed by atoms with Gasteiger partial charge in [0.2, 0.25) is 5.91 Å². The normalized spacial score (nSPS) is 15.3. The number of carbonyl (C=O) groups excluding carboxylic acids is 1. The van der Waals surface area contributed by atoms with E-state index in [0.717, 1.165) is 37.2 Å². The summed E-state index contributed by atoms with van der Waals surface area (Å²) >= 11 is 0. The van der Waals surface area contributed by atoms with Crippen LogP contribution < -0.4 is 10.1 Å². The van der Waals surface area contributed by atoms with Crippen LogP contribution in [0.3, 0.4) is 0 Å². The van der Waals surface area contributed by atoms with E-state index in [1.807, 2.05) is 49.4 Å². The van der Waals surface area contributed by atoms with Crippen LogP contribution in [0.5, 0.6) is 5.75 Å². The van der Waals surface area contributed by atoms with Gasteiger partial charge in [0.1, 0.15) is 5.75 Å². The number of hydrogen-bond donors (Lipinski definition) is 1. The summed E-state index contributed by atoms with van der Waals surface area (Å²) in [4.78, 5) is 14.5. The van der Waals surface area contributed by atoms with E-state index < -0.39 is 0 Å². The SMILES string of the molecule is CCOc1cccc(CNC(=O)CN2CCC(OCc3ccccc3)CC2)c1. The van der Waals surface area contributed by atoms with Gasteiger partial charge >= 0.3 is 0 Å². The molecule has 0 atom stereocenters. The quantitative estimate of drug-likeness (QED) is 0.722. The summed E-state index contributed by atoms with van der Waals surface area (Å²) in [6, 6.07) is 18.1. The maximum Gasteiger partial charge on any atom is 0.234 e. The molecule has 1 heterocycles. The highest BCUT2D eigenvalue weighted by atomic mass is 16.5. The van der Waals surface area contributed by atoms with Gasteiger partial charge in [-0.1, -0.05) is 42.5 Å². The Bertz CT molecular complexity index is 728. The van der Waals surface area contributed by atoms with Crippen molar-refractivity contribution in [2.24, 2.45) is 0 Å². The molecule has 1 fully saturated rings. The van der Waals surface area contributed by atoms with E-state index >= 15 is 0 Å². The Morgan fingerprint density at radius 1 is 1.07 bits per heavy atom. The predicted octanol–water partition coefficient (Wildman–Crippen LogP) is 3.38. The monoisotopic (exact) mass is 382 g/mol. The largest absolute Gasteiger partial charge is 0.494 e. The van der Waals surface area contributed by atoms with Gasteiger partial charge in [-0.15, -0.1) is 0 Å². The second-order valence-electron chi connectivity index (χ2n) is 7.13. The lowest BCUT2D eigenvalue weighted by atomic mass is 10.1. The third-order valence-corrected chi connectivity index (χ3v) is 4.93. The van der Waals surface area contributed by atoms with Crippen LogP contribution in [-0.4, -0.2) is 43.2 Å². The second-order valence-corrected chi connectivity index (χ2v) is 7.13. The van der Waals surface area contributed by atoms with Gasteiger partial charge in [0.05, 0.1) is 25.9 Å². The number of carbonyl (C=O) groups is 1. The van der Waals surface area contributed by atoms with Gasteiger partial charge in [0.15, 0.2) is 0 Å². The lowest BCUT2D eigenvalue weighted by Gasteiger charge is -2.31. The fourth-order valence-corrected chi connectivity index (χ4v) is 3.39. The Morgan fingerprint density at radius 3 is 2.57 bits per heavy atom. The van der Waals surface area contributed by atoms with E-state index in [0.29, 0.717) is 26.3 Å². The molecular formula is C23H30N2O3. The average Bonchev–Trinajstić information content (AvgIpc) is 2.73. The van der Waals surface area contributed by atoms with E-state index in [9.17, 15) is 4.79 Å². The summed E-state index contributed by atoms with van der Waals surface area (Å²) in [5.41, 5.74) is 2.25. The van der Waals surface area contributed by atoms with E-state index in [1.165, 1.54) is 5.56 Å². The minimum Gasteiger partial charge on any atom is -0.494 e. The van der Waals surface area contributed by atoms with Crippen LogP contribution in [-0.2, 0) is 22.7 Å².